The van der Waals surface area contributed by atoms with Crippen molar-refractivity contribution in [1.82, 2.24) is 4.90 Å². The fraction of sp³-hybridized carbons (Fsp3) is 0.946. The Balaban J connectivity index is 1.82. The third kappa shape index (κ3) is 8.60. The second-order valence-electron chi connectivity index (χ2n) is 16.5. The summed E-state index contributed by atoms with van der Waals surface area (Å²) in [5, 5.41) is 46.3. The summed E-state index contributed by atoms with van der Waals surface area (Å²) in [5.41, 5.74) is -3.90. The van der Waals surface area contributed by atoms with E-state index in [0.717, 1.165) is 0 Å². The van der Waals surface area contributed by atoms with Crippen LogP contribution in [0.5, 0.6) is 0 Å². The van der Waals surface area contributed by atoms with Crippen molar-refractivity contribution in [2.45, 2.75) is 185 Å². The average Bonchev–Trinajstić information content (AvgIpc) is 3.26. The van der Waals surface area contributed by atoms with Crippen LogP contribution < -0.4 is 0 Å². The van der Waals surface area contributed by atoms with Gasteiger partial charge in [-0.25, -0.2) is 0 Å². The number of fused-ring (bicyclic) bond motifs is 2. The lowest BCUT2D eigenvalue weighted by Crippen LogP contribution is -2.60. The number of ether oxygens (including phenoxy) is 7. The van der Waals surface area contributed by atoms with Crippen LogP contribution in [0.3, 0.4) is 0 Å². The van der Waals surface area contributed by atoms with E-state index in [0.29, 0.717) is 18.7 Å². The van der Waals surface area contributed by atoms with Crippen molar-refractivity contribution in [2.24, 2.45) is 22.7 Å². The van der Waals surface area contributed by atoms with E-state index < -0.39 is 102 Å². The van der Waals surface area contributed by atoms with Crippen molar-refractivity contribution < 1.29 is 58.4 Å². The highest BCUT2D eigenvalue weighted by Gasteiger charge is 2.56. The number of hydrogen-bond donors (Lipinski definition) is 4. The SMILES string of the molecule is CC[C@H]1OC(=O)[C@H](C)[C@@H](OC2CC(C)(OC)C(O)C(C)O2)[C@H](C)[C@@H](OC2OC(C)CC(N(C)C)C2O)[C@](C)(O)C[C@@H](C)N=C2OC1(C)[C@H](O)[C@H]2C. The van der Waals surface area contributed by atoms with Gasteiger partial charge in [-0.15, -0.1) is 0 Å². The molecule has 4 heterocycles. The summed E-state index contributed by atoms with van der Waals surface area (Å²) < 4.78 is 44.0. The summed E-state index contributed by atoms with van der Waals surface area (Å²) in [6, 6.07) is -0.767. The smallest absolute Gasteiger partial charge is 0.311 e. The molecule has 4 N–H and O–H groups in total. The third-order valence-corrected chi connectivity index (χ3v) is 11.9. The average molecular weight is 731 g/mol. The van der Waals surface area contributed by atoms with Crippen molar-refractivity contribution in [1.29, 1.82) is 0 Å². The molecule has 3 fully saturated rings. The monoisotopic (exact) mass is 730 g/mol. The highest BCUT2D eigenvalue weighted by molar-refractivity contribution is 5.82. The van der Waals surface area contributed by atoms with Crippen molar-refractivity contribution >= 4 is 11.9 Å². The second-order valence-corrected chi connectivity index (χ2v) is 16.5. The van der Waals surface area contributed by atoms with Crippen LogP contribution in [0.1, 0.15) is 94.9 Å². The first-order chi connectivity index (χ1) is 23.6. The van der Waals surface area contributed by atoms with Gasteiger partial charge in [0.15, 0.2) is 24.1 Å². The minimum Gasteiger partial charge on any atom is -0.468 e. The number of likely N-dealkylation sites (N-methyl/N-ethyl adjacent to an activating group) is 1. The number of aliphatic hydroxyl groups is 4. The quantitative estimate of drug-likeness (QED) is 0.281. The Bertz CT molecular complexity index is 1220. The summed E-state index contributed by atoms with van der Waals surface area (Å²) in [4.78, 5) is 21.0. The molecule has 51 heavy (non-hydrogen) atoms. The standard InChI is InChI=1S/C37H66N2O12/c1-14-25-37(10)29(41)22(6)32(51-37)38-18(2)16-35(8,44)31(50-34-27(40)24(39(11)12)15-19(3)46-34)20(4)28(21(5)33(43)48-25)49-26-17-36(9,45-13)30(42)23(7)47-26/h18-31,34,40-42,44H,14-17H2,1-13H3/t18-,19?,20+,21-,22-,23?,24?,25-,26?,27?,28+,29-,30?,31-,34?,35-,36?,37?/m1/s1. The first-order valence-corrected chi connectivity index (χ1v) is 18.7. The molecule has 296 valence electrons. The molecule has 18 atom stereocenters. The number of nitrogens with zero attached hydrogens (tertiary/aromatic N) is 2. The number of methoxy groups -OCH3 is 1. The molecular formula is C37H66N2O12. The zero-order chi connectivity index (χ0) is 38.4. The number of rotatable bonds is 7. The maximum Gasteiger partial charge on any atom is 0.311 e. The van der Waals surface area contributed by atoms with Gasteiger partial charge in [0.05, 0.1) is 53.5 Å². The molecule has 2 bridgehead atoms. The molecule has 14 heteroatoms. The molecule has 0 aromatic rings. The maximum absolute atomic E-state index is 14.2. The lowest BCUT2D eigenvalue weighted by molar-refractivity contribution is -0.317. The van der Waals surface area contributed by atoms with E-state index in [1.807, 2.05) is 53.6 Å². The maximum atomic E-state index is 14.2. The number of carbonyl (C=O) groups excluding carboxylic acids is 1. The van der Waals surface area contributed by atoms with E-state index in [-0.39, 0.29) is 25.0 Å². The number of aliphatic imine (C=N–C) groups is 1. The van der Waals surface area contributed by atoms with Gasteiger partial charge in [0.1, 0.15) is 24.4 Å². The van der Waals surface area contributed by atoms with Crippen LogP contribution in [0.4, 0.5) is 0 Å². The molecule has 4 aliphatic heterocycles. The molecule has 0 spiro atoms. The van der Waals surface area contributed by atoms with Gasteiger partial charge >= 0.3 is 5.97 Å². The summed E-state index contributed by atoms with van der Waals surface area (Å²) in [6.07, 6.45) is -7.63. The highest BCUT2D eigenvalue weighted by atomic mass is 16.7. The van der Waals surface area contributed by atoms with Crippen LogP contribution in [-0.4, -0.2) is 149 Å². The molecule has 0 saturated carbocycles. The number of aliphatic hydroxyl groups excluding tert-OH is 3. The zero-order valence-electron chi connectivity index (χ0n) is 32.9. The van der Waals surface area contributed by atoms with E-state index in [1.54, 1.807) is 34.6 Å². The lowest BCUT2D eigenvalue weighted by Gasteiger charge is -2.48. The lowest BCUT2D eigenvalue weighted by atomic mass is 9.78. The van der Waals surface area contributed by atoms with E-state index >= 15 is 0 Å². The van der Waals surface area contributed by atoms with Crippen LogP contribution >= 0.6 is 0 Å². The van der Waals surface area contributed by atoms with Gasteiger partial charge in [0.2, 0.25) is 0 Å². The van der Waals surface area contributed by atoms with Crippen LogP contribution in [-0.2, 0) is 38.0 Å². The number of esters is 1. The predicted octanol–water partition coefficient (Wildman–Crippen LogP) is 2.41. The van der Waals surface area contributed by atoms with Crippen LogP contribution in [0, 0.1) is 17.8 Å². The number of cyclic esters (lactones) is 1. The summed E-state index contributed by atoms with van der Waals surface area (Å²) in [5.74, 6) is -2.46. The molecule has 0 aliphatic carbocycles. The second kappa shape index (κ2) is 16.1. The molecule has 0 aromatic heterocycles. The van der Waals surface area contributed by atoms with E-state index in [4.69, 9.17) is 38.2 Å². The Kier molecular flexibility index (Phi) is 13.4. The van der Waals surface area contributed by atoms with Gasteiger partial charge in [-0.3, -0.25) is 9.79 Å². The Morgan fingerprint density at radius 2 is 1.59 bits per heavy atom. The Morgan fingerprint density at radius 1 is 0.941 bits per heavy atom. The first kappa shape index (κ1) is 42.3. The summed E-state index contributed by atoms with van der Waals surface area (Å²) in [6.45, 7) is 17.8. The molecule has 14 nitrogen and oxygen atoms in total. The summed E-state index contributed by atoms with van der Waals surface area (Å²) >= 11 is 0. The fourth-order valence-corrected chi connectivity index (χ4v) is 8.65. The number of hydrogen-bond acceptors (Lipinski definition) is 14. The van der Waals surface area contributed by atoms with Crippen molar-refractivity contribution in [3.8, 4) is 0 Å². The minimum absolute atomic E-state index is 0.0948. The molecule has 0 amide bonds. The highest BCUT2D eigenvalue weighted by Crippen LogP contribution is 2.42. The van der Waals surface area contributed by atoms with Gasteiger partial charge in [0.25, 0.3) is 0 Å². The molecule has 3 saturated heterocycles. The van der Waals surface area contributed by atoms with Crippen LogP contribution in [0.15, 0.2) is 4.99 Å². The van der Waals surface area contributed by atoms with Gasteiger partial charge < -0.3 is 58.5 Å². The van der Waals surface area contributed by atoms with Gasteiger partial charge in [0, 0.05) is 31.9 Å². The van der Waals surface area contributed by atoms with Crippen molar-refractivity contribution in [3.63, 3.8) is 0 Å². The van der Waals surface area contributed by atoms with E-state index in [9.17, 15) is 25.2 Å². The molecule has 9 unspecified atom stereocenters. The predicted molar refractivity (Wildman–Crippen MR) is 188 cm³/mol. The largest absolute Gasteiger partial charge is 0.468 e. The van der Waals surface area contributed by atoms with Gasteiger partial charge in [-0.2, -0.15) is 0 Å². The zero-order valence-corrected chi connectivity index (χ0v) is 32.9. The molecular weight excluding hydrogens is 664 g/mol. The number of carbonyl (C=O) groups is 1. The Labute approximate surface area is 304 Å². The van der Waals surface area contributed by atoms with Crippen molar-refractivity contribution in [2.75, 3.05) is 21.2 Å². The Morgan fingerprint density at radius 3 is 2.18 bits per heavy atom. The topological polar surface area (TPSA) is 178 Å². The first-order valence-electron chi connectivity index (χ1n) is 18.7. The molecule has 4 aliphatic rings. The minimum atomic E-state index is -1.62. The molecule has 4 rings (SSSR count). The normalized spacial score (nSPS) is 50.3. The van der Waals surface area contributed by atoms with Crippen LogP contribution in [0.2, 0.25) is 0 Å². The van der Waals surface area contributed by atoms with Crippen LogP contribution in [0.25, 0.3) is 0 Å². The molecule has 0 radical (unpaired) electrons. The van der Waals surface area contributed by atoms with Gasteiger partial charge in [-0.05, 0) is 75.4 Å². The van der Waals surface area contributed by atoms with E-state index in [2.05, 4.69) is 0 Å². The van der Waals surface area contributed by atoms with Crippen molar-refractivity contribution in [3.05, 3.63) is 0 Å². The fourth-order valence-electron chi connectivity index (χ4n) is 8.65. The summed E-state index contributed by atoms with van der Waals surface area (Å²) in [7, 11) is 5.28. The molecule has 0 aromatic carbocycles. The third-order valence-electron chi connectivity index (χ3n) is 11.9. The van der Waals surface area contributed by atoms with Gasteiger partial charge in [-0.1, -0.05) is 20.8 Å². The Hall–Kier alpha value is -1.46. The van der Waals surface area contributed by atoms with E-state index in [1.165, 1.54) is 7.11 Å².